The van der Waals surface area contributed by atoms with Crippen molar-refractivity contribution in [2.45, 2.75) is 64.4 Å². The molecule has 6 heteroatoms. The third kappa shape index (κ3) is 6.94. The lowest BCUT2D eigenvalue weighted by atomic mass is 9.95. The molecule has 1 fully saturated rings. The summed E-state index contributed by atoms with van der Waals surface area (Å²) >= 11 is 0. The normalized spacial score (nSPS) is 18.1. The maximum absolute atomic E-state index is 11.8. The van der Waals surface area contributed by atoms with Crippen molar-refractivity contribution in [2.24, 2.45) is 5.92 Å². The van der Waals surface area contributed by atoms with Crippen molar-refractivity contribution in [3.63, 3.8) is 0 Å². The molecule has 1 saturated carbocycles. The van der Waals surface area contributed by atoms with Gasteiger partial charge in [-0.25, -0.2) is 4.79 Å². The third-order valence-corrected chi connectivity index (χ3v) is 3.91. The van der Waals surface area contributed by atoms with Crippen molar-refractivity contribution in [1.29, 1.82) is 0 Å². The molecule has 22 heavy (non-hydrogen) atoms. The average molecular weight is 316 g/mol. The Labute approximate surface area is 134 Å². The summed E-state index contributed by atoms with van der Waals surface area (Å²) in [5, 5.41) is 6.43. The number of hydrogen-bond acceptors (Lipinski definition) is 5. The second kappa shape index (κ2) is 8.13. The molecule has 0 aromatic rings. The fourth-order valence-corrected chi connectivity index (χ4v) is 2.45. The van der Waals surface area contributed by atoms with Crippen molar-refractivity contribution in [1.82, 2.24) is 10.6 Å². The van der Waals surface area contributed by atoms with E-state index in [-0.39, 0.29) is 17.9 Å². The molecule has 1 rings (SSSR count). The van der Waals surface area contributed by atoms with Gasteiger partial charge in [0.2, 0.25) is 0 Å². The maximum Gasteiger partial charge on any atom is 0.407 e. The molecular formula is C16H32N2O4. The van der Waals surface area contributed by atoms with E-state index >= 15 is 0 Å². The molecule has 6 nitrogen and oxygen atoms in total. The predicted octanol–water partition coefficient (Wildman–Crippen LogP) is 2.28. The number of ether oxygens (including phenoxy) is 3. The summed E-state index contributed by atoms with van der Waals surface area (Å²) in [6, 6.07) is 0. The van der Waals surface area contributed by atoms with Gasteiger partial charge in [-0.2, -0.15) is 0 Å². The summed E-state index contributed by atoms with van der Waals surface area (Å²) in [5.41, 5.74) is -0.597. The van der Waals surface area contributed by atoms with Crippen LogP contribution >= 0.6 is 0 Å². The fraction of sp³-hybridized carbons (Fsp3) is 0.938. The van der Waals surface area contributed by atoms with Crippen molar-refractivity contribution < 1.29 is 19.0 Å². The largest absolute Gasteiger partial charge is 0.444 e. The molecule has 1 aliphatic rings. The summed E-state index contributed by atoms with van der Waals surface area (Å²) in [6.07, 6.45) is 2.58. The van der Waals surface area contributed by atoms with Crippen LogP contribution in [0.2, 0.25) is 0 Å². The van der Waals surface area contributed by atoms with Crippen LogP contribution in [0.15, 0.2) is 0 Å². The predicted molar refractivity (Wildman–Crippen MR) is 85.8 cm³/mol. The lowest BCUT2D eigenvalue weighted by molar-refractivity contribution is -0.106. The fourth-order valence-electron chi connectivity index (χ4n) is 2.45. The molecule has 0 spiro atoms. The molecule has 0 aromatic carbocycles. The maximum atomic E-state index is 11.8. The quantitative estimate of drug-likeness (QED) is 0.639. The molecule has 0 saturated heterocycles. The molecule has 1 amide bonds. The van der Waals surface area contributed by atoms with E-state index in [9.17, 15) is 4.79 Å². The van der Waals surface area contributed by atoms with E-state index in [1.54, 1.807) is 14.2 Å². The van der Waals surface area contributed by atoms with Crippen molar-refractivity contribution in [3.05, 3.63) is 0 Å². The van der Waals surface area contributed by atoms with E-state index in [4.69, 9.17) is 14.2 Å². The first-order valence-corrected chi connectivity index (χ1v) is 7.97. The number of alkyl carbamates (subject to hydrolysis) is 1. The first kappa shape index (κ1) is 19.2. The van der Waals surface area contributed by atoms with Gasteiger partial charge in [-0.3, -0.25) is 0 Å². The molecule has 1 unspecified atom stereocenters. The zero-order valence-corrected chi connectivity index (χ0v) is 14.8. The molecule has 130 valence electrons. The number of rotatable bonds is 9. The molecule has 0 radical (unpaired) electrons. The first-order valence-electron chi connectivity index (χ1n) is 7.97. The highest BCUT2D eigenvalue weighted by Crippen LogP contribution is 2.39. The number of methoxy groups -OCH3 is 2. The number of carbonyl (C=O) groups is 1. The molecule has 0 bridgehead atoms. The molecule has 0 heterocycles. The van der Waals surface area contributed by atoms with Gasteiger partial charge < -0.3 is 24.8 Å². The van der Waals surface area contributed by atoms with Crippen LogP contribution in [0.3, 0.4) is 0 Å². The third-order valence-electron chi connectivity index (χ3n) is 3.91. The summed E-state index contributed by atoms with van der Waals surface area (Å²) in [5.74, 6) is 0.589. The molecular weight excluding hydrogens is 284 g/mol. The van der Waals surface area contributed by atoms with Gasteiger partial charge in [0.1, 0.15) is 5.60 Å². The Bertz CT molecular complexity index is 349. The Morgan fingerprint density at radius 3 is 2.23 bits per heavy atom. The van der Waals surface area contributed by atoms with Crippen LogP contribution in [0.25, 0.3) is 0 Å². The zero-order valence-electron chi connectivity index (χ0n) is 14.8. The minimum absolute atomic E-state index is 0.122. The van der Waals surface area contributed by atoms with Crippen LogP contribution in [0.5, 0.6) is 0 Å². The van der Waals surface area contributed by atoms with E-state index in [2.05, 4.69) is 17.6 Å². The second-order valence-electron chi connectivity index (χ2n) is 7.16. The van der Waals surface area contributed by atoms with E-state index in [0.29, 0.717) is 12.5 Å². The van der Waals surface area contributed by atoms with E-state index < -0.39 is 5.60 Å². The lowest BCUT2D eigenvalue weighted by Crippen LogP contribution is -2.54. The molecule has 1 aliphatic carbocycles. The highest BCUT2D eigenvalue weighted by atomic mass is 16.7. The van der Waals surface area contributed by atoms with Crippen LogP contribution < -0.4 is 10.6 Å². The molecule has 2 N–H and O–H groups in total. The highest BCUT2D eigenvalue weighted by molar-refractivity contribution is 5.67. The van der Waals surface area contributed by atoms with Gasteiger partial charge in [0, 0.05) is 39.3 Å². The molecule has 0 aliphatic heterocycles. The monoisotopic (exact) mass is 316 g/mol. The first-order chi connectivity index (χ1) is 10.2. The van der Waals surface area contributed by atoms with Crippen LogP contribution in [0, 0.1) is 5.92 Å². The van der Waals surface area contributed by atoms with Crippen LogP contribution in [0.4, 0.5) is 4.79 Å². The number of hydrogen-bond donors (Lipinski definition) is 2. The Morgan fingerprint density at radius 2 is 1.77 bits per heavy atom. The smallest absolute Gasteiger partial charge is 0.407 e. The zero-order chi connectivity index (χ0) is 16.8. The number of carbonyl (C=O) groups excluding carboxylic acids is 1. The number of nitrogens with one attached hydrogen (secondary N) is 2. The Kier molecular flexibility index (Phi) is 7.09. The standard InChI is InChI=1S/C16H32N2O4/c1-15(2,3)22-14(19)17-11-16(4,12-7-8-12)18-10-9-13(20-5)21-6/h12-13,18H,7-11H2,1-6H3,(H,17,19). The summed E-state index contributed by atoms with van der Waals surface area (Å²) in [6.45, 7) is 9.06. The van der Waals surface area contributed by atoms with E-state index in [0.717, 1.165) is 13.0 Å². The van der Waals surface area contributed by atoms with Crippen LogP contribution in [-0.2, 0) is 14.2 Å². The summed E-state index contributed by atoms with van der Waals surface area (Å²) in [4.78, 5) is 11.8. The van der Waals surface area contributed by atoms with Gasteiger partial charge in [-0.05, 0) is 46.5 Å². The Hall–Kier alpha value is -0.850. The molecule has 1 atom stereocenters. The minimum Gasteiger partial charge on any atom is -0.444 e. The van der Waals surface area contributed by atoms with Gasteiger partial charge in [-0.1, -0.05) is 0 Å². The SMILES string of the molecule is COC(CCNC(C)(CNC(=O)OC(C)(C)C)C1CC1)OC. The van der Waals surface area contributed by atoms with Crippen molar-refractivity contribution >= 4 is 6.09 Å². The van der Waals surface area contributed by atoms with Crippen LogP contribution in [-0.4, -0.2) is 50.8 Å². The van der Waals surface area contributed by atoms with Gasteiger partial charge >= 0.3 is 6.09 Å². The lowest BCUT2D eigenvalue weighted by Gasteiger charge is -2.32. The Balaban J connectivity index is 2.41. The summed E-state index contributed by atoms with van der Waals surface area (Å²) in [7, 11) is 3.27. The van der Waals surface area contributed by atoms with Crippen molar-refractivity contribution in [2.75, 3.05) is 27.3 Å². The van der Waals surface area contributed by atoms with Gasteiger partial charge in [-0.15, -0.1) is 0 Å². The highest BCUT2D eigenvalue weighted by Gasteiger charge is 2.41. The number of amides is 1. The van der Waals surface area contributed by atoms with E-state index in [1.807, 2.05) is 20.8 Å². The molecule has 0 aromatic heterocycles. The second-order valence-corrected chi connectivity index (χ2v) is 7.16. The van der Waals surface area contributed by atoms with Crippen molar-refractivity contribution in [3.8, 4) is 0 Å². The summed E-state index contributed by atoms with van der Waals surface area (Å²) < 4.78 is 15.7. The van der Waals surface area contributed by atoms with Gasteiger partial charge in [0.25, 0.3) is 0 Å². The average Bonchev–Trinajstić information content (AvgIpc) is 3.24. The Morgan fingerprint density at radius 1 is 1.18 bits per heavy atom. The topological polar surface area (TPSA) is 68.8 Å². The van der Waals surface area contributed by atoms with E-state index in [1.165, 1.54) is 12.8 Å². The van der Waals surface area contributed by atoms with Gasteiger partial charge in [0.05, 0.1) is 0 Å². The van der Waals surface area contributed by atoms with Gasteiger partial charge in [0.15, 0.2) is 6.29 Å². The minimum atomic E-state index is -0.475. The van der Waals surface area contributed by atoms with Crippen LogP contribution in [0.1, 0.15) is 47.0 Å².